The summed E-state index contributed by atoms with van der Waals surface area (Å²) in [6.45, 7) is 13.7. The van der Waals surface area contributed by atoms with Crippen molar-refractivity contribution in [1.82, 2.24) is 15.5 Å². The van der Waals surface area contributed by atoms with Crippen LogP contribution in [-0.2, 0) is 11.3 Å². The highest BCUT2D eigenvalue weighted by Crippen LogP contribution is 2.20. The Kier molecular flexibility index (Phi) is 7.01. The maximum atomic E-state index is 13.4. The summed E-state index contributed by atoms with van der Waals surface area (Å²) in [4.78, 5) is 6.77. The molecule has 146 valence electrons. The van der Waals surface area contributed by atoms with Gasteiger partial charge in [0.1, 0.15) is 5.82 Å². The SMILES string of the molecule is CN=C(NCc1ccc(F)c(C)c1)NCC(C)(C)N1CC(C)OC(C)C1. The van der Waals surface area contributed by atoms with Gasteiger partial charge in [-0.1, -0.05) is 12.1 Å². The molecule has 0 aromatic heterocycles. The van der Waals surface area contributed by atoms with E-state index in [2.05, 4.69) is 48.2 Å². The van der Waals surface area contributed by atoms with Gasteiger partial charge in [0.25, 0.3) is 0 Å². The minimum Gasteiger partial charge on any atom is -0.373 e. The molecule has 2 unspecified atom stereocenters. The van der Waals surface area contributed by atoms with E-state index >= 15 is 0 Å². The van der Waals surface area contributed by atoms with Crippen LogP contribution in [0.5, 0.6) is 0 Å². The van der Waals surface area contributed by atoms with Crippen LogP contribution >= 0.6 is 0 Å². The number of nitrogens with one attached hydrogen (secondary N) is 2. The Hall–Kier alpha value is -1.66. The lowest BCUT2D eigenvalue weighted by atomic mass is 10.00. The Morgan fingerprint density at radius 1 is 1.27 bits per heavy atom. The number of hydrogen-bond donors (Lipinski definition) is 2. The topological polar surface area (TPSA) is 48.9 Å². The molecule has 1 aromatic rings. The van der Waals surface area contributed by atoms with E-state index in [1.807, 2.05) is 6.07 Å². The van der Waals surface area contributed by atoms with Crippen molar-refractivity contribution >= 4 is 5.96 Å². The molecular formula is C20H33FN4O. The molecule has 1 aromatic carbocycles. The second-order valence-electron chi connectivity index (χ2n) is 7.84. The van der Waals surface area contributed by atoms with Crippen LogP contribution in [0, 0.1) is 12.7 Å². The lowest BCUT2D eigenvalue weighted by Crippen LogP contribution is -2.59. The number of aryl methyl sites for hydroxylation is 1. The summed E-state index contributed by atoms with van der Waals surface area (Å²) in [5.41, 5.74) is 1.67. The van der Waals surface area contributed by atoms with E-state index < -0.39 is 0 Å². The molecule has 2 N–H and O–H groups in total. The fraction of sp³-hybridized carbons (Fsp3) is 0.650. The average molecular weight is 365 g/mol. The van der Waals surface area contributed by atoms with Gasteiger partial charge in [-0.05, 0) is 51.8 Å². The zero-order valence-electron chi connectivity index (χ0n) is 16.9. The third-order valence-corrected chi connectivity index (χ3v) is 4.87. The zero-order chi connectivity index (χ0) is 19.3. The van der Waals surface area contributed by atoms with E-state index in [9.17, 15) is 4.39 Å². The van der Waals surface area contributed by atoms with E-state index in [0.29, 0.717) is 12.1 Å². The number of ether oxygens (including phenoxy) is 1. The van der Waals surface area contributed by atoms with Crippen molar-refractivity contribution in [3.05, 3.63) is 35.1 Å². The van der Waals surface area contributed by atoms with Gasteiger partial charge in [-0.2, -0.15) is 0 Å². The van der Waals surface area contributed by atoms with Crippen LogP contribution in [0.25, 0.3) is 0 Å². The predicted octanol–water partition coefficient (Wildman–Crippen LogP) is 2.69. The molecule has 1 aliphatic heterocycles. The minimum atomic E-state index is -0.174. The van der Waals surface area contributed by atoms with E-state index in [1.165, 1.54) is 6.07 Å². The zero-order valence-corrected chi connectivity index (χ0v) is 16.9. The third kappa shape index (κ3) is 5.68. The Morgan fingerprint density at radius 3 is 2.50 bits per heavy atom. The highest BCUT2D eigenvalue weighted by Gasteiger charge is 2.33. The van der Waals surface area contributed by atoms with Gasteiger partial charge in [0.2, 0.25) is 0 Å². The number of halogens is 1. The molecule has 1 aliphatic rings. The summed E-state index contributed by atoms with van der Waals surface area (Å²) in [6, 6.07) is 5.16. The van der Waals surface area contributed by atoms with Gasteiger partial charge in [0.05, 0.1) is 12.2 Å². The molecule has 0 spiro atoms. The van der Waals surface area contributed by atoms with Crippen LogP contribution in [-0.4, -0.2) is 55.3 Å². The maximum absolute atomic E-state index is 13.4. The average Bonchev–Trinajstić information content (AvgIpc) is 2.57. The molecule has 6 heteroatoms. The Morgan fingerprint density at radius 2 is 1.92 bits per heavy atom. The smallest absolute Gasteiger partial charge is 0.191 e. The Bertz CT molecular complexity index is 622. The second-order valence-corrected chi connectivity index (χ2v) is 7.84. The summed E-state index contributed by atoms with van der Waals surface area (Å²) in [6.07, 6.45) is 0.495. The molecule has 2 rings (SSSR count). The number of nitrogens with zero attached hydrogens (tertiary/aromatic N) is 2. The van der Waals surface area contributed by atoms with Crippen molar-refractivity contribution in [2.24, 2.45) is 4.99 Å². The second kappa shape index (κ2) is 8.82. The van der Waals surface area contributed by atoms with Gasteiger partial charge in [-0.25, -0.2) is 4.39 Å². The van der Waals surface area contributed by atoms with Crippen LogP contribution < -0.4 is 10.6 Å². The first-order valence-corrected chi connectivity index (χ1v) is 9.31. The first-order chi connectivity index (χ1) is 12.2. The van der Waals surface area contributed by atoms with Crippen LogP contribution in [0.2, 0.25) is 0 Å². The Balaban J connectivity index is 1.88. The third-order valence-electron chi connectivity index (χ3n) is 4.87. The number of benzene rings is 1. The van der Waals surface area contributed by atoms with Crippen molar-refractivity contribution in [2.75, 3.05) is 26.7 Å². The van der Waals surface area contributed by atoms with Gasteiger partial charge >= 0.3 is 0 Å². The van der Waals surface area contributed by atoms with E-state index in [1.54, 1.807) is 20.0 Å². The summed E-state index contributed by atoms with van der Waals surface area (Å²) < 4.78 is 19.2. The highest BCUT2D eigenvalue weighted by molar-refractivity contribution is 5.79. The summed E-state index contributed by atoms with van der Waals surface area (Å²) in [7, 11) is 1.76. The van der Waals surface area contributed by atoms with Crippen molar-refractivity contribution < 1.29 is 9.13 Å². The van der Waals surface area contributed by atoms with E-state index in [-0.39, 0.29) is 23.6 Å². The van der Waals surface area contributed by atoms with Gasteiger partial charge in [-0.3, -0.25) is 9.89 Å². The molecule has 0 bridgehead atoms. The fourth-order valence-electron chi connectivity index (χ4n) is 3.31. The lowest BCUT2D eigenvalue weighted by molar-refractivity contribution is -0.0946. The molecule has 2 atom stereocenters. The maximum Gasteiger partial charge on any atom is 0.191 e. The monoisotopic (exact) mass is 364 g/mol. The first kappa shape index (κ1) is 20.6. The highest BCUT2D eigenvalue weighted by atomic mass is 19.1. The van der Waals surface area contributed by atoms with Crippen LogP contribution in [0.4, 0.5) is 4.39 Å². The molecule has 26 heavy (non-hydrogen) atoms. The molecule has 1 saturated heterocycles. The molecule has 1 fully saturated rings. The van der Waals surface area contributed by atoms with Gasteiger partial charge in [0.15, 0.2) is 5.96 Å². The molecule has 0 aliphatic carbocycles. The first-order valence-electron chi connectivity index (χ1n) is 9.31. The van der Waals surface area contributed by atoms with Gasteiger partial charge in [-0.15, -0.1) is 0 Å². The minimum absolute atomic E-state index is 0.0175. The molecule has 1 heterocycles. The fourth-order valence-corrected chi connectivity index (χ4v) is 3.31. The van der Waals surface area contributed by atoms with Gasteiger partial charge < -0.3 is 15.4 Å². The normalized spacial score (nSPS) is 22.3. The molecule has 5 nitrogen and oxygen atoms in total. The van der Waals surface area contributed by atoms with Crippen LogP contribution in [0.1, 0.15) is 38.8 Å². The van der Waals surface area contributed by atoms with E-state index in [4.69, 9.17) is 4.74 Å². The van der Waals surface area contributed by atoms with E-state index in [0.717, 1.165) is 31.2 Å². The summed E-state index contributed by atoms with van der Waals surface area (Å²) in [5.74, 6) is 0.571. The molecule has 0 radical (unpaired) electrons. The molecular weight excluding hydrogens is 331 g/mol. The number of aliphatic imine (C=N–C) groups is 1. The van der Waals surface area contributed by atoms with Crippen LogP contribution in [0.15, 0.2) is 23.2 Å². The largest absolute Gasteiger partial charge is 0.373 e. The number of morpholine rings is 1. The molecule has 0 amide bonds. The number of hydrogen-bond acceptors (Lipinski definition) is 3. The van der Waals surface area contributed by atoms with Gasteiger partial charge in [0, 0.05) is 38.8 Å². The van der Waals surface area contributed by atoms with Crippen molar-refractivity contribution in [3.63, 3.8) is 0 Å². The lowest BCUT2D eigenvalue weighted by Gasteiger charge is -2.45. The van der Waals surface area contributed by atoms with Crippen LogP contribution in [0.3, 0.4) is 0 Å². The summed E-state index contributed by atoms with van der Waals surface area (Å²) in [5, 5.41) is 6.71. The predicted molar refractivity (Wildman–Crippen MR) is 105 cm³/mol. The molecule has 0 saturated carbocycles. The Labute approximate surface area is 157 Å². The van der Waals surface area contributed by atoms with Crippen molar-refractivity contribution in [3.8, 4) is 0 Å². The quantitative estimate of drug-likeness (QED) is 0.623. The number of rotatable bonds is 5. The number of guanidine groups is 1. The summed E-state index contributed by atoms with van der Waals surface area (Å²) >= 11 is 0. The van der Waals surface area contributed by atoms with Crippen molar-refractivity contribution in [2.45, 2.75) is 58.9 Å². The van der Waals surface area contributed by atoms with Crippen molar-refractivity contribution in [1.29, 1.82) is 0 Å². The standard InChI is InChI=1S/C20H33FN4O/c1-14-9-17(7-8-18(14)21)10-23-19(22-6)24-13-20(4,5)25-11-15(2)26-16(3)12-25/h7-9,15-16H,10-13H2,1-6H3,(H2,22,23,24).